The van der Waals surface area contributed by atoms with Gasteiger partial charge in [-0.25, -0.2) is 0 Å². The number of rotatable bonds is 8. The third-order valence-corrected chi connectivity index (χ3v) is 8.62. The first-order valence-electron chi connectivity index (χ1n) is 11.9. The Morgan fingerprint density at radius 2 is 2.03 bits per heavy atom. The summed E-state index contributed by atoms with van der Waals surface area (Å²) in [6.07, 6.45) is 9.25. The van der Waals surface area contributed by atoms with Crippen molar-refractivity contribution in [3.05, 3.63) is 35.8 Å². The van der Waals surface area contributed by atoms with Crippen LogP contribution in [0, 0.1) is 22.7 Å². The van der Waals surface area contributed by atoms with Crippen molar-refractivity contribution in [1.29, 1.82) is 0 Å². The Kier molecular flexibility index (Phi) is 7.16. The van der Waals surface area contributed by atoms with Crippen molar-refractivity contribution >= 4 is 5.97 Å². The van der Waals surface area contributed by atoms with Gasteiger partial charge in [0.1, 0.15) is 6.54 Å². The second-order valence-electron chi connectivity index (χ2n) is 10.1. The lowest BCUT2D eigenvalue weighted by Gasteiger charge is -2.57. The molecule has 0 amide bonds. The van der Waals surface area contributed by atoms with Gasteiger partial charge in [0, 0.05) is 0 Å². The minimum absolute atomic E-state index is 0.0241. The predicted molar refractivity (Wildman–Crippen MR) is 120 cm³/mol. The van der Waals surface area contributed by atoms with Crippen LogP contribution in [0.15, 0.2) is 28.9 Å². The van der Waals surface area contributed by atoms with Crippen LogP contribution in [-0.2, 0) is 22.5 Å². The summed E-state index contributed by atoms with van der Waals surface area (Å²) in [7, 11) is 1.54. The lowest BCUT2D eigenvalue weighted by Crippen LogP contribution is -3.10. The highest BCUT2D eigenvalue weighted by Crippen LogP contribution is 2.62. The normalized spacial score (nSPS) is 31.6. The minimum atomic E-state index is -0.367. The van der Waals surface area contributed by atoms with Gasteiger partial charge in [0.25, 0.3) is 0 Å². The molecule has 0 bridgehead atoms. The van der Waals surface area contributed by atoms with Crippen molar-refractivity contribution in [3.8, 4) is 0 Å². The number of allylic oxidation sites excluding steroid dienone is 1. The third-order valence-electron chi connectivity index (χ3n) is 8.62. The number of ether oxygens (including phenoxy) is 1. The molecule has 2 fully saturated rings. The van der Waals surface area contributed by atoms with Crippen LogP contribution in [0.25, 0.3) is 0 Å². The number of hydrogen-bond donors (Lipinski definition) is 1. The van der Waals surface area contributed by atoms with E-state index in [4.69, 9.17) is 9.15 Å². The van der Waals surface area contributed by atoms with Gasteiger partial charge >= 0.3 is 5.97 Å². The van der Waals surface area contributed by atoms with Gasteiger partial charge in [-0.2, -0.15) is 0 Å². The van der Waals surface area contributed by atoms with E-state index in [1.54, 1.807) is 4.90 Å². The lowest BCUT2D eigenvalue weighted by molar-refractivity contribution is -0.911. The van der Waals surface area contributed by atoms with E-state index in [1.807, 2.05) is 6.26 Å². The molecule has 4 atom stereocenters. The minimum Gasteiger partial charge on any atom is -0.469 e. The van der Waals surface area contributed by atoms with Crippen LogP contribution >= 0.6 is 0 Å². The number of furan rings is 1. The summed E-state index contributed by atoms with van der Waals surface area (Å²) in [5.74, 6) is 1.93. The predicted octanol–water partition coefficient (Wildman–Crippen LogP) is 4.59. The first-order chi connectivity index (χ1) is 14.3. The Morgan fingerprint density at radius 3 is 2.70 bits per heavy atom. The number of nitrogens with one attached hydrogen (secondary N) is 1. The second kappa shape index (κ2) is 9.30. The van der Waals surface area contributed by atoms with Crippen LogP contribution in [0.5, 0.6) is 0 Å². The molecule has 4 nitrogen and oxygen atoms in total. The molecule has 1 heterocycles. The van der Waals surface area contributed by atoms with Crippen molar-refractivity contribution in [3.63, 3.8) is 0 Å². The number of esters is 1. The fraction of sp³-hybridized carbons (Fsp3) is 0.731. The van der Waals surface area contributed by atoms with Gasteiger partial charge in [-0.3, -0.25) is 4.79 Å². The molecule has 30 heavy (non-hydrogen) atoms. The summed E-state index contributed by atoms with van der Waals surface area (Å²) in [4.78, 5) is 14.3. The molecule has 4 heteroatoms. The van der Waals surface area contributed by atoms with Crippen molar-refractivity contribution in [1.82, 2.24) is 0 Å². The Morgan fingerprint density at radius 1 is 1.30 bits per heavy atom. The molecule has 0 spiro atoms. The molecule has 0 aliphatic heterocycles. The van der Waals surface area contributed by atoms with Gasteiger partial charge in [0.15, 0.2) is 5.76 Å². The van der Waals surface area contributed by atoms with Crippen LogP contribution in [0.2, 0.25) is 0 Å². The molecule has 1 aromatic rings. The maximum Gasteiger partial charge on any atom is 0.311 e. The molecule has 2 aliphatic carbocycles. The zero-order chi connectivity index (χ0) is 21.9. The van der Waals surface area contributed by atoms with Crippen molar-refractivity contribution in [2.75, 3.05) is 20.2 Å². The average molecular weight is 417 g/mol. The first-order valence-corrected chi connectivity index (χ1v) is 11.9. The van der Waals surface area contributed by atoms with Crippen LogP contribution in [0.1, 0.15) is 77.5 Å². The summed E-state index contributed by atoms with van der Waals surface area (Å²) in [5, 5.41) is 0. The smallest absolute Gasteiger partial charge is 0.311 e. The summed E-state index contributed by atoms with van der Waals surface area (Å²) in [6, 6.07) is 2.16. The van der Waals surface area contributed by atoms with E-state index < -0.39 is 0 Å². The van der Waals surface area contributed by atoms with E-state index in [0.29, 0.717) is 11.8 Å². The topological polar surface area (TPSA) is 43.9 Å². The molecule has 0 radical (unpaired) electrons. The third kappa shape index (κ3) is 4.12. The van der Waals surface area contributed by atoms with Crippen LogP contribution in [0.4, 0.5) is 0 Å². The Labute approximate surface area is 183 Å². The van der Waals surface area contributed by atoms with Crippen LogP contribution in [0.3, 0.4) is 0 Å². The summed E-state index contributed by atoms with van der Waals surface area (Å²) < 4.78 is 11.1. The SMILES string of the molecule is C=C1CC[C@H]2[C@](C)(CCC[C@]2(C)C(=O)OC)[C@H]1CCc1ccoc1C[NH+](CC)CC. The molecule has 0 aromatic carbocycles. The fourth-order valence-corrected chi connectivity index (χ4v) is 6.73. The molecule has 3 rings (SSSR count). The van der Waals surface area contributed by atoms with Crippen molar-refractivity contribution < 1.29 is 18.8 Å². The average Bonchev–Trinajstić information content (AvgIpc) is 3.17. The molecular weight excluding hydrogens is 374 g/mol. The molecule has 168 valence electrons. The van der Waals surface area contributed by atoms with Gasteiger partial charge in [-0.05, 0) is 88.2 Å². The van der Waals surface area contributed by atoms with E-state index >= 15 is 0 Å². The Bertz CT molecular complexity index is 749. The molecule has 2 saturated carbocycles. The largest absolute Gasteiger partial charge is 0.469 e. The number of carbonyl (C=O) groups is 1. The molecular formula is C26H42NO3+. The van der Waals surface area contributed by atoms with E-state index in [2.05, 4.69) is 40.3 Å². The van der Waals surface area contributed by atoms with Gasteiger partial charge in [0.05, 0.1) is 31.9 Å². The number of carbonyl (C=O) groups excluding carboxylic acids is 1. The Hall–Kier alpha value is -1.55. The van der Waals surface area contributed by atoms with E-state index in [-0.39, 0.29) is 16.8 Å². The molecule has 1 aromatic heterocycles. The van der Waals surface area contributed by atoms with Crippen molar-refractivity contribution in [2.24, 2.45) is 22.7 Å². The maximum absolute atomic E-state index is 12.8. The number of quaternary nitrogens is 1. The number of aryl methyl sites for hydroxylation is 1. The zero-order valence-corrected chi connectivity index (χ0v) is 19.8. The van der Waals surface area contributed by atoms with Gasteiger partial charge in [-0.15, -0.1) is 0 Å². The van der Waals surface area contributed by atoms with E-state index in [1.165, 1.54) is 24.7 Å². The number of hydrogen-bond acceptors (Lipinski definition) is 3. The first kappa shape index (κ1) is 23.1. The molecule has 0 saturated heterocycles. The summed E-state index contributed by atoms with van der Waals surface area (Å²) >= 11 is 0. The standard InChI is InChI=1S/C26H41NO3/c1-7-27(8-2)18-22-20(14-17-30-22)11-12-21-19(3)10-13-23-25(21,4)15-9-16-26(23,5)24(28)29-6/h14,17,21,23H,3,7-13,15-16,18H2,1-2,4-6H3/p+1/t21-,23-,25+,26-/m0/s1. The summed E-state index contributed by atoms with van der Waals surface area (Å²) in [6.45, 7) is 16.7. The molecule has 0 unspecified atom stereocenters. The molecule has 1 N–H and O–H groups in total. The van der Waals surface area contributed by atoms with Gasteiger partial charge in [0.2, 0.25) is 0 Å². The highest BCUT2D eigenvalue weighted by molar-refractivity contribution is 5.77. The van der Waals surface area contributed by atoms with E-state index in [9.17, 15) is 4.79 Å². The number of fused-ring (bicyclic) bond motifs is 1. The maximum atomic E-state index is 12.8. The monoisotopic (exact) mass is 416 g/mol. The second-order valence-corrected chi connectivity index (χ2v) is 10.1. The van der Waals surface area contributed by atoms with Crippen LogP contribution < -0.4 is 4.90 Å². The van der Waals surface area contributed by atoms with Crippen molar-refractivity contribution in [2.45, 2.75) is 79.2 Å². The fourth-order valence-electron chi connectivity index (χ4n) is 6.73. The highest BCUT2D eigenvalue weighted by atomic mass is 16.5. The van der Waals surface area contributed by atoms with Gasteiger partial charge < -0.3 is 14.1 Å². The Balaban J connectivity index is 1.78. The lowest BCUT2D eigenvalue weighted by atomic mass is 9.46. The van der Waals surface area contributed by atoms with E-state index in [0.717, 1.165) is 63.9 Å². The zero-order valence-electron chi connectivity index (χ0n) is 19.8. The molecule has 2 aliphatic rings. The number of methoxy groups -OCH3 is 1. The van der Waals surface area contributed by atoms with Gasteiger partial charge in [-0.1, -0.05) is 25.5 Å². The van der Waals surface area contributed by atoms with Crippen LogP contribution in [-0.4, -0.2) is 26.2 Å². The summed E-state index contributed by atoms with van der Waals surface area (Å²) in [5.41, 5.74) is 2.47. The highest BCUT2D eigenvalue weighted by Gasteiger charge is 2.57. The quantitative estimate of drug-likeness (QED) is 0.498.